The number of benzene rings is 2. The molecule has 0 radical (unpaired) electrons. The zero-order chi connectivity index (χ0) is 25.4. The van der Waals surface area contributed by atoms with Crippen LogP contribution in [0.1, 0.15) is 61.2 Å². The van der Waals surface area contributed by atoms with E-state index in [1.54, 1.807) is 7.11 Å². The Bertz CT molecular complexity index is 1170. The van der Waals surface area contributed by atoms with Gasteiger partial charge in [-0.3, -0.25) is 10.1 Å². The molecule has 0 atom stereocenters. The highest BCUT2D eigenvalue weighted by molar-refractivity contribution is 5.89. The molecule has 8 nitrogen and oxygen atoms in total. The van der Waals surface area contributed by atoms with Crippen LogP contribution in [0.25, 0.3) is 12.2 Å². The third-order valence-corrected chi connectivity index (χ3v) is 5.88. The Hall–Kier alpha value is -3.81. The van der Waals surface area contributed by atoms with Gasteiger partial charge in [-0.25, -0.2) is 4.79 Å². The molecule has 4 rings (SSSR count). The van der Waals surface area contributed by atoms with Crippen molar-refractivity contribution in [3.8, 4) is 17.2 Å². The number of hydrogen-bond acceptors (Lipinski definition) is 7. The van der Waals surface area contributed by atoms with Crippen LogP contribution in [0.4, 0.5) is 5.69 Å². The Morgan fingerprint density at radius 2 is 1.51 bits per heavy atom. The lowest BCUT2D eigenvalue weighted by molar-refractivity contribution is -0.384. The van der Waals surface area contributed by atoms with Crippen LogP contribution in [0, 0.1) is 10.1 Å². The number of carbonyl (C=O) groups is 1. The van der Waals surface area contributed by atoms with Crippen molar-refractivity contribution in [1.29, 1.82) is 0 Å². The fourth-order valence-electron chi connectivity index (χ4n) is 4.14. The monoisotopic (exact) mass is 479 g/mol. The molecule has 8 heteroatoms. The minimum absolute atomic E-state index is 0.0791. The number of nitro groups is 1. The van der Waals surface area contributed by atoms with Crippen LogP contribution in [0.5, 0.6) is 17.2 Å². The maximum absolute atomic E-state index is 12.4. The van der Waals surface area contributed by atoms with Crippen LogP contribution in [0.15, 0.2) is 36.4 Å². The molecular weight excluding hydrogens is 450 g/mol. The van der Waals surface area contributed by atoms with Gasteiger partial charge in [-0.1, -0.05) is 0 Å². The summed E-state index contributed by atoms with van der Waals surface area (Å²) in [7, 11) is 1.63. The highest BCUT2D eigenvalue weighted by Crippen LogP contribution is 2.50. The molecule has 0 aromatic heterocycles. The van der Waals surface area contributed by atoms with Gasteiger partial charge in [-0.2, -0.15) is 0 Å². The van der Waals surface area contributed by atoms with Crippen molar-refractivity contribution >= 4 is 23.8 Å². The van der Waals surface area contributed by atoms with E-state index in [-0.39, 0.29) is 17.9 Å². The van der Waals surface area contributed by atoms with Gasteiger partial charge < -0.3 is 18.9 Å². The molecule has 0 fully saturated rings. The van der Waals surface area contributed by atoms with Gasteiger partial charge in [-0.15, -0.1) is 0 Å². The van der Waals surface area contributed by atoms with E-state index >= 15 is 0 Å². The number of rotatable bonds is 7. The zero-order valence-corrected chi connectivity index (χ0v) is 20.5. The highest BCUT2D eigenvalue weighted by Gasteiger charge is 2.34. The summed E-state index contributed by atoms with van der Waals surface area (Å²) in [4.78, 5) is 22.7. The van der Waals surface area contributed by atoms with E-state index in [0.717, 1.165) is 16.7 Å². The molecule has 0 aliphatic carbocycles. The van der Waals surface area contributed by atoms with Gasteiger partial charge in [0.25, 0.3) is 5.69 Å². The fraction of sp³-hybridized carbons (Fsp3) is 0.370. The van der Waals surface area contributed by atoms with E-state index in [1.807, 2.05) is 52.0 Å². The lowest BCUT2D eigenvalue weighted by Crippen LogP contribution is -2.31. The van der Waals surface area contributed by atoms with Crippen LogP contribution in [0.2, 0.25) is 0 Å². The molecule has 2 heterocycles. The second-order valence-corrected chi connectivity index (χ2v) is 9.62. The van der Waals surface area contributed by atoms with E-state index in [4.69, 9.17) is 18.9 Å². The number of ether oxygens (including phenoxy) is 4. The Morgan fingerprint density at radius 3 is 2.00 bits per heavy atom. The van der Waals surface area contributed by atoms with Crippen molar-refractivity contribution in [3.63, 3.8) is 0 Å². The molecule has 184 valence electrons. The van der Waals surface area contributed by atoms with E-state index in [1.165, 1.54) is 24.3 Å². The van der Waals surface area contributed by atoms with Crippen molar-refractivity contribution in [1.82, 2.24) is 0 Å². The quantitative estimate of drug-likeness (QED) is 0.215. The molecule has 0 amide bonds. The minimum atomic E-state index is -0.528. The summed E-state index contributed by atoms with van der Waals surface area (Å²) < 4.78 is 23.9. The van der Waals surface area contributed by atoms with E-state index in [0.29, 0.717) is 30.1 Å². The third kappa shape index (κ3) is 5.01. The Labute approximate surface area is 204 Å². The standard InChI is InChI=1S/C27H29NO7/c1-26(2)14-12-20-22(32-5)21-13-15-27(3,4)35-24(21)19(23(20)34-26)7-6-16-33-25(29)17-8-10-18(11-9-17)28(30)31/h8-15H,6-7,16H2,1-5H3. The van der Waals surface area contributed by atoms with Gasteiger partial charge in [-0.05, 0) is 77.0 Å². The van der Waals surface area contributed by atoms with Gasteiger partial charge in [0.15, 0.2) is 0 Å². The molecule has 0 spiro atoms. The molecule has 0 bridgehead atoms. The number of nitro benzene ring substituents is 1. The Balaban J connectivity index is 1.56. The Morgan fingerprint density at radius 1 is 0.971 bits per heavy atom. The number of esters is 1. The average molecular weight is 480 g/mol. The predicted molar refractivity (Wildman–Crippen MR) is 132 cm³/mol. The molecule has 2 aliphatic heterocycles. The molecular formula is C27H29NO7. The van der Waals surface area contributed by atoms with Crippen LogP contribution < -0.4 is 14.2 Å². The molecule has 35 heavy (non-hydrogen) atoms. The lowest BCUT2D eigenvalue weighted by atomic mass is 9.90. The first-order valence-electron chi connectivity index (χ1n) is 11.5. The van der Waals surface area contributed by atoms with Crippen molar-refractivity contribution in [2.24, 2.45) is 0 Å². The largest absolute Gasteiger partial charge is 0.495 e. The first-order chi connectivity index (χ1) is 16.5. The van der Waals surface area contributed by atoms with E-state index < -0.39 is 22.1 Å². The fourth-order valence-corrected chi connectivity index (χ4v) is 4.14. The molecule has 0 unspecified atom stereocenters. The van der Waals surface area contributed by atoms with Crippen molar-refractivity contribution in [3.05, 3.63) is 68.8 Å². The van der Waals surface area contributed by atoms with Crippen LogP contribution in [-0.2, 0) is 11.2 Å². The maximum atomic E-state index is 12.4. The number of carbonyl (C=O) groups excluding carboxylic acids is 1. The van der Waals surface area contributed by atoms with Crippen LogP contribution >= 0.6 is 0 Å². The van der Waals surface area contributed by atoms with E-state index in [9.17, 15) is 14.9 Å². The second kappa shape index (κ2) is 9.09. The summed E-state index contributed by atoms with van der Waals surface area (Å²) in [6.07, 6.45) is 9.11. The number of fused-ring (bicyclic) bond motifs is 2. The number of methoxy groups -OCH3 is 1. The minimum Gasteiger partial charge on any atom is -0.495 e. The van der Waals surface area contributed by atoms with Gasteiger partial charge in [0, 0.05) is 17.7 Å². The van der Waals surface area contributed by atoms with Crippen LogP contribution in [-0.4, -0.2) is 35.8 Å². The maximum Gasteiger partial charge on any atom is 0.338 e. The second-order valence-electron chi connectivity index (χ2n) is 9.62. The summed E-state index contributed by atoms with van der Waals surface area (Å²) in [6.45, 7) is 8.11. The smallest absolute Gasteiger partial charge is 0.338 e. The topological polar surface area (TPSA) is 97.1 Å². The molecule has 2 aromatic rings. The van der Waals surface area contributed by atoms with Gasteiger partial charge in [0.2, 0.25) is 0 Å². The van der Waals surface area contributed by atoms with Gasteiger partial charge >= 0.3 is 5.97 Å². The first-order valence-corrected chi connectivity index (χ1v) is 11.5. The molecule has 0 saturated carbocycles. The summed E-state index contributed by atoms with van der Waals surface area (Å²) in [5, 5.41) is 10.8. The SMILES string of the molecule is COc1c2c(c(CCCOC(=O)c3ccc([N+](=O)[O-])cc3)c3c1C=CC(C)(C)O3)OC(C)(C)C=C2. The third-order valence-electron chi connectivity index (χ3n) is 5.88. The van der Waals surface area contributed by atoms with Gasteiger partial charge in [0.1, 0.15) is 28.5 Å². The highest BCUT2D eigenvalue weighted by atomic mass is 16.6. The number of hydrogen-bond donors (Lipinski definition) is 0. The summed E-state index contributed by atoms with van der Waals surface area (Å²) in [5.41, 5.74) is 1.81. The predicted octanol–water partition coefficient (Wildman–Crippen LogP) is 5.76. The lowest BCUT2D eigenvalue weighted by Gasteiger charge is -2.35. The number of nitrogens with zero attached hydrogens (tertiary/aromatic N) is 1. The average Bonchev–Trinajstić information content (AvgIpc) is 2.80. The molecule has 2 aromatic carbocycles. The molecule has 0 saturated heterocycles. The molecule has 2 aliphatic rings. The normalized spacial score (nSPS) is 16.4. The van der Waals surface area contributed by atoms with E-state index in [2.05, 4.69) is 0 Å². The van der Waals surface area contributed by atoms with Crippen LogP contribution in [0.3, 0.4) is 0 Å². The first kappa shape index (κ1) is 24.3. The summed E-state index contributed by atoms with van der Waals surface area (Å²) >= 11 is 0. The molecule has 0 N–H and O–H groups in total. The van der Waals surface area contributed by atoms with Gasteiger partial charge in [0.05, 0.1) is 35.3 Å². The zero-order valence-electron chi connectivity index (χ0n) is 20.5. The summed E-state index contributed by atoms with van der Waals surface area (Å²) in [6, 6.07) is 5.35. The van der Waals surface area contributed by atoms with Crippen molar-refractivity contribution in [2.45, 2.75) is 51.7 Å². The Kier molecular flexibility index (Phi) is 6.32. The van der Waals surface area contributed by atoms with Crippen molar-refractivity contribution < 1.29 is 28.7 Å². The van der Waals surface area contributed by atoms with Crippen molar-refractivity contribution in [2.75, 3.05) is 13.7 Å². The number of non-ortho nitro benzene ring substituents is 1. The summed E-state index contributed by atoms with van der Waals surface area (Å²) in [5.74, 6) is 1.59.